The highest BCUT2D eigenvalue weighted by atomic mass is 16.5. The second-order valence-electron chi connectivity index (χ2n) is 4.52. The van der Waals surface area contributed by atoms with Gasteiger partial charge in [-0.3, -0.25) is 0 Å². The van der Waals surface area contributed by atoms with E-state index in [1.54, 1.807) is 0 Å². The maximum Gasteiger partial charge on any atom is 0.0576 e. The number of anilines is 1. The van der Waals surface area contributed by atoms with Crippen molar-refractivity contribution in [2.24, 2.45) is 0 Å². The summed E-state index contributed by atoms with van der Waals surface area (Å²) in [5, 5.41) is 3.48. The Labute approximate surface area is 98.0 Å². The summed E-state index contributed by atoms with van der Waals surface area (Å²) >= 11 is 0. The molecule has 0 aliphatic carbocycles. The highest BCUT2D eigenvalue weighted by Gasteiger charge is 2.14. The third-order valence-corrected chi connectivity index (χ3v) is 3.19. The van der Waals surface area contributed by atoms with E-state index in [9.17, 15) is 0 Å². The summed E-state index contributed by atoms with van der Waals surface area (Å²) < 4.78 is 5.60. The number of ether oxygens (including phenoxy) is 1. The molecule has 1 aromatic carbocycles. The highest BCUT2D eigenvalue weighted by molar-refractivity contribution is 5.49. The highest BCUT2D eigenvalue weighted by Crippen LogP contribution is 2.17. The molecule has 0 aromatic heterocycles. The maximum absolute atomic E-state index is 5.60. The molecule has 1 saturated heterocycles. The summed E-state index contributed by atoms with van der Waals surface area (Å²) in [6.07, 6.45) is 5.41. The molecule has 1 aromatic rings. The van der Waals surface area contributed by atoms with Gasteiger partial charge in [-0.1, -0.05) is 18.2 Å². The van der Waals surface area contributed by atoms with E-state index in [0.717, 1.165) is 13.2 Å². The number of aryl methyl sites for hydroxylation is 1. The minimum atomic E-state index is 0.527. The molecular formula is C14H21NO. The first-order valence-electron chi connectivity index (χ1n) is 6.27. The largest absolute Gasteiger partial charge is 0.385 e. The third-order valence-electron chi connectivity index (χ3n) is 3.19. The van der Waals surface area contributed by atoms with E-state index in [2.05, 4.69) is 36.5 Å². The van der Waals surface area contributed by atoms with Gasteiger partial charge in [0, 0.05) is 18.8 Å². The first kappa shape index (κ1) is 11.5. The van der Waals surface area contributed by atoms with Gasteiger partial charge in [-0.05, 0) is 44.2 Å². The Balaban J connectivity index is 1.66. The van der Waals surface area contributed by atoms with E-state index in [-0.39, 0.29) is 0 Å². The number of hydrogen-bond acceptors (Lipinski definition) is 2. The molecule has 1 unspecified atom stereocenters. The van der Waals surface area contributed by atoms with Gasteiger partial charge >= 0.3 is 0 Å². The van der Waals surface area contributed by atoms with Crippen molar-refractivity contribution in [1.29, 1.82) is 0 Å². The molecular weight excluding hydrogens is 198 g/mol. The summed E-state index contributed by atoms with van der Waals surface area (Å²) in [5.74, 6) is 0. The molecule has 1 N–H and O–H groups in total. The molecule has 1 atom stereocenters. The molecule has 0 bridgehead atoms. The molecule has 2 heteroatoms. The van der Waals surface area contributed by atoms with E-state index in [1.165, 1.54) is 36.9 Å². The lowest BCUT2D eigenvalue weighted by atomic mass is 10.1. The smallest absolute Gasteiger partial charge is 0.0576 e. The fraction of sp³-hybridized carbons (Fsp3) is 0.571. The summed E-state index contributed by atoms with van der Waals surface area (Å²) in [5.41, 5.74) is 2.58. The quantitative estimate of drug-likeness (QED) is 0.767. The van der Waals surface area contributed by atoms with E-state index >= 15 is 0 Å². The molecule has 0 amide bonds. The SMILES string of the molecule is Cc1ccccc1NCCCC1CCCO1. The Morgan fingerprint density at radius 2 is 2.25 bits per heavy atom. The van der Waals surface area contributed by atoms with Crippen molar-refractivity contribution in [3.8, 4) is 0 Å². The van der Waals surface area contributed by atoms with Gasteiger partial charge in [0.25, 0.3) is 0 Å². The Morgan fingerprint density at radius 3 is 3.00 bits per heavy atom. The summed E-state index contributed by atoms with van der Waals surface area (Å²) in [6.45, 7) is 4.16. The molecule has 0 spiro atoms. The standard InChI is InChI=1S/C14H21NO/c1-12-6-2-3-9-14(12)15-10-4-7-13-8-5-11-16-13/h2-3,6,9,13,15H,4-5,7-8,10-11H2,1H3. The van der Waals surface area contributed by atoms with Crippen LogP contribution in [0.25, 0.3) is 0 Å². The van der Waals surface area contributed by atoms with Crippen LogP contribution in [0.1, 0.15) is 31.2 Å². The Bertz CT molecular complexity index is 318. The van der Waals surface area contributed by atoms with Crippen LogP contribution in [-0.4, -0.2) is 19.3 Å². The van der Waals surface area contributed by atoms with Crippen LogP contribution in [0.5, 0.6) is 0 Å². The lowest BCUT2D eigenvalue weighted by molar-refractivity contribution is 0.103. The van der Waals surface area contributed by atoms with Crippen LogP contribution in [0.15, 0.2) is 24.3 Å². The first-order chi connectivity index (χ1) is 7.86. The molecule has 1 aliphatic rings. The molecule has 88 valence electrons. The molecule has 1 aliphatic heterocycles. The lowest BCUT2D eigenvalue weighted by Gasteiger charge is -2.11. The Kier molecular flexibility index (Phi) is 4.23. The summed E-state index contributed by atoms with van der Waals surface area (Å²) in [6, 6.07) is 8.44. The van der Waals surface area contributed by atoms with Crippen molar-refractivity contribution in [3.63, 3.8) is 0 Å². The van der Waals surface area contributed by atoms with Crippen LogP contribution >= 0.6 is 0 Å². The van der Waals surface area contributed by atoms with Crippen LogP contribution in [0.4, 0.5) is 5.69 Å². The van der Waals surface area contributed by atoms with Gasteiger partial charge in [0.05, 0.1) is 6.10 Å². The minimum absolute atomic E-state index is 0.527. The van der Waals surface area contributed by atoms with Crippen molar-refractivity contribution in [2.75, 3.05) is 18.5 Å². The molecule has 1 fully saturated rings. The molecule has 2 nitrogen and oxygen atoms in total. The van der Waals surface area contributed by atoms with Gasteiger partial charge in [0.15, 0.2) is 0 Å². The van der Waals surface area contributed by atoms with Crippen LogP contribution in [0.3, 0.4) is 0 Å². The zero-order valence-corrected chi connectivity index (χ0v) is 10.0. The number of nitrogens with one attached hydrogen (secondary N) is 1. The van der Waals surface area contributed by atoms with E-state index in [1.807, 2.05) is 0 Å². The minimum Gasteiger partial charge on any atom is -0.385 e. The van der Waals surface area contributed by atoms with Crippen LogP contribution < -0.4 is 5.32 Å². The zero-order chi connectivity index (χ0) is 11.2. The van der Waals surface area contributed by atoms with Gasteiger partial charge in [-0.2, -0.15) is 0 Å². The maximum atomic E-state index is 5.60. The predicted molar refractivity (Wildman–Crippen MR) is 67.9 cm³/mol. The van der Waals surface area contributed by atoms with Crippen molar-refractivity contribution < 1.29 is 4.74 Å². The molecule has 16 heavy (non-hydrogen) atoms. The molecule has 0 radical (unpaired) electrons. The van der Waals surface area contributed by atoms with Crippen LogP contribution in [0.2, 0.25) is 0 Å². The average molecular weight is 219 g/mol. The van der Waals surface area contributed by atoms with E-state index in [0.29, 0.717) is 6.10 Å². The van der Waals surface area contributed by atoms with Gasteiger partial charge in [0.1, 0.15) is 0 Å². The molecule has 0 saturated carbocycles. The number of hydrogen-bond donors (Lipinski definition) is 1. The summed E-state index contributed by atoms with van der Waals surface area (Å²) in [4.78, 5) is 0. The lowest BCUT2D eigenvalue weighted by Crippen LogP contribution is -2.09. The number of para-hydroxylation sites is 1. The fourth-order valence-corrected chi connectivity index (χ4v) is 2.20. The second-order valence-corrected chi connectivity index (χ2v) is 4.52. The third kappa shape index (κ3) is 3.24. The monoisotopic (exact) mass is 219 g/mol. The van der Waals surface area contributed by atoms with Gasteiger partial charge in [-0.25, -0.2) is 0 Å². The summed E-state index contributed by atoms with van der Waals surface area (Å²) in [7, 11) is 0. The zero-order valence-electron chi connectivity index (χ0n) is 10.0. The van der Waals surface area contributed by atoms with Crippen molar-refractivity contribution in [3.05, 3.63) is 29.8 Å². The molecule has 2 rings (SSSR count). The van der Waals surface area contributed by atoms with Crippen molar-refractivity contribution in [1.82, 2.24) is 0 Å². The Morgan fingerprint density at radius 1 is 1.38 bits per heavy atom. The van der Waals surface area contributed by atoms with Gasteiger partial charge in [0.2, 0.25) is 0 Å². The predicted octanol–water partition coefficient (Wildman–Crippen LogP) is 3.37. The first-order valence-corrected chi connectivity index (χ1v) is 6.27. The van der Waals surface area contributed by atoms with E-state index < -0.39 is 0 Å². The van der Waals surface area contributed by atoms with Crippen molar-refractivity contribution >= 4 is 5.69 Å². The fourth-order valence-electron chi connectivity index (χ4n) is 2.20. The van der Waals surface area contributed by atoms with Crippen LogP contribution in [0, 0.1) is 6.92 Å². The number of rotatable bonds is 5. The second kappa shape index (κ2) is 5.90. The van der Waals surface area contributed by atoms with Gasteiger partial charge < -0.3 is 10.1 Å². The normalized spacial score (nSPS) is 19.9. The van der Waals surface area contributed by atoms with E-state index in [4.69, 9.17) is 4.74 Å². The van der Waals surface area contributed by atoms with Gasteiger partial charge in [-0.15, -0.1) is 0 Å². The van der Waals surface area contributed by atoms with Crippen molar-refractivity contribution in [2.45, 2.75) is 38.7 Å². The molecule has 1 heterocycles. The average Bonchev–Trinajstić information content (AvgIpc) is 2.79. The number of benzene rings is 1. The van der Waals surface area contributed by atoms with Crippen LogP contribution in [-0.2, 0) is 4.74 Å². The topological polar surface area (TPSA) is 21.3 Å². The Hall–Kier alpha value is -1.02.